The van der Waals surface area contributed by atoms with Crippen molar-refractivity contribution in [1.82, 2.24) is 0 Å². The summed E-state index contributed by atoms with van der Waals surface area (Å²) in [5.41, 5.74) is 3.00. The maximum Gasteiger partial charge on any atom is 0.338 e. The van der Waals surface area contributed by atoms with E-state index in [9.17, 15) is 25.0 Å². The van der Waals surface area contributed by atoms with Crippen molar-refractivity contribution >= 4 is 23.0 Å². The van der Waals surface area contributed by atoms with Crippen LogP contribution in [0.4, 0.5) is 17.1 Å². The Kier molecular flexibility index (Phi) is 3.77. The van der Waals surface area contributed by atoms with Crippen LogP contribution >= 0.6 is 0 Å². The van der Waals surface area contributed by atoms with E-state index in [1.165, 1.54) is 6.92 Å². The van der Waals surface area contributed by atoms with Gasteiger partial charge in [0.25, 0.3) is 11.4 Å². The van der Waals surface area contributed by atoms with Gasteiger partial charge in [-0.3, -0.25) is 20.2 Å². The summed E-state index contributed by atoms with van der Waals surface area (Å²) < 4.78 is 4.61. The molecule has 0 atom stereocenters. The smallest absolute Gasteiger partial charge is 0.338 e. The Morgan fingerprint density at radius 1 is 1.28 bits per heavy atom. The van der Waals surface area contributed by atoms with Gasteiger partial charge in [-0.05, 0) is 6.92 Å². The van der Waals surface area contributed by atoms with E-state index in [1.54, 1.807) is 0 Å². The predicted molar refractivity (Wildman–Crippen MR) is 60.1 cm³/mol. The summed E-state index contributed by atoms with van der Waals surface area (Å²) >= 11 is 0. The number of nitro benzene ring substituents is 2. The number of esters is 1. The van der Waals surface area contributed by atoms with Gasteiger partial charge in [-0.2, -0.15) is 0 Å². The molecule has 0 aliphatic rings. The number of nitrogens with two attached hydrogens (primary N) is 1. The van der Waals surface area contributed by atoms with Gasteiger partial charge >= 0.3 is 5.97 Å². The molecule has 0 unspecified atom stereocenters. The minimum absolute atomic E-state index is 0.0464. The van der Waals surface area contributed by atoms with Gasteiger partial charge in [-0.1, -0.05) is 0 Å². The summed E-state index contributed by atoms with van der Waals surface area (Å²) in [6.07, 6.45) is 0. The second-order valence-corrected chi connectivity index (χ2v) is 3.16. The number of nitrogens with zero attached hydrogens (tertiary/aromatic N) is 2. The molecule has 0 aliphatic heterocycles. The Morgan fingerprint density at radius 2 is 1.72 bits per heavy atom. The van der Waals surface area contributed by atoms with E-state index in [1.807, 2.05) is 0 Å². The van der Waals surface area contributed by atoms with Crippen LogP contribution in [0.5, 0.6) is 0 Å². The van der Waals surface area contributed by atoms with E-state index >= 15 is 0 Å². The third-order valence-electron chi connectivity index (χ3n) is 2.04. The number of anilines is 1. The van der Waals surface area contributed by atoms with Crippen molar-refractivity contribution < 1.29 is 19.4 Å². The van der Waals surface area contributed by atoms with E-state index in [-0.39, 0.29) is 12.2 Å². The molecule has 2 N–H and O–H groups in total. The summed E-state index contributed by atoms with van der Waals surface area (Å²) in [4.78, 5) is 31.0. The van der Waals surface area contributed by atoms with Gasteiger partial charge in [0.2, 0.25) is 0 Å². The Hall–Kier alpha value is -2.71. The minimum atomic E-state index is -0.898. The van der Waals surface area contributed by atoms with Crippen molar-refractivity contribution in [1.29, 1.82) is 0 Å². The fourth-order valence-electron chi connectivity index (χ4n) is 1.26. The van der Waals surface area contributed by atoms with Gasteiger partial charge in [0.15, 0.2) is 5.69 Å². The van der Waals surface area contributed by atoms with E-state index in [2.05, 4.69) is 4.74 Å². The summed E-state index contributed by atoms with van der Waals surface area (Å²) in [5, 5.41) is 21.4. The van der Waals surface area contributed by atoms with Gasteiger partial charge in [0.1, 0.15) is 0 Å². The van der Waals surface area contributed by atoms with Crippen LogP contribution in [0.15, 0.2) is 12.1 Å². The highest BCUT2D eigenvalue weighted by molar-refractivity contribution is 5.93. The van der Waals surface area contributed by atoms with Crippen LogP contribution in [-0.4, -0.2) is 22.4 Å². The predicted octanol–water partition coefficient (Wildman–Crippen LogP) is 1.26. The van der Waals surface area contributed by atoms with Gasteiger partial charge in [-0.25, -0.2) is 4.79 Å². The number of ether oxygens (including phenoxy) is 1. The normalized spacial score (nSPS) is 9.83. The Labute approximate surface area is 100 Å². The second-order valence-electron chi connectivity index (χ2n) is 3.16. The number of hydrogen-bond acceptors (Lipinski definition) is 7. The zero-order valence-corrected chi connectivity index (χ0v) is 9.28. The molecular weight excluding hydrogens is 246 g/mol. The Bertz CT molecular complexity index is 492. The molecule has 9 heteroatoms. The standard InChI is InChI=1S/C9H9N3O6/c1-2-18-9(13)5-3-6(11(14)15)8(10)7(4-5)12(16)17/h3-4H,2,10H2,1H3. The molecule has 0 spiro atoms. The van der Waals surface area contributed by atoms with Gasteiger partial charge in [0, 0.05) is 12.1 Å². The highest BCUT2D eigenvalue weighted by Gasteiger charge is 2.26. The first-order valence-electron chi connectivity index (χ1n) is 4.77. The van der Waals surface area contributed by atoms with Crippen LogP contribution in [0.3, 0.4) is 0 Å². The van der Waals surface area contributed by atoms with Crippen LogP contribution in [0.1, 0.15) is 17.3 Å². The van der Waals surface area contributed by atoms with Crippen LogP contribution < -0.4 is 5.73 Å². The fourth-order valence-corrected chi connectivity index (χ4v) is 1.26. The highest BCUT2D eigenvalue weighted by atomic mass is 16.6. The topological polar surface area (TPSA) is 139 Å². The molecule has 9 nitrogen and oxygen atoms in total. The fraction of sp³-hybridized carbons (Fsp3) is 0.222. The van der Waals surface area contributed by atoms with Crippen molar-refractivity contribution in [2.24, 2.45) is 0 Å². The van der Waals surface area contributed by atoms with Crippen LogP contribution in [0.2, 0.25) is 0 Å². The molecule has 0 heterocycles. The zero-order chi connectivity index (χ0) is 13.9. The number of nitrogen functional groups attached to an aromatic ring is 1. The van der Waals surface area contributed by atoms with E-state index in [0.717, 1.165) is 12.1 Å². The molecule has 0 amide bonds. The van der Waals surface area contributed by atoms with Gasteiger partial charge in [0.05, 0.1) is 22.0 Å². The van der Waals surface area contributed by atoms with Gasteiger partial charge in [-0.15, -0.1) is 0 Å². The third-order valence-corrected chi connectivity index (χ3v) is 2.04. The monoisotopic (exact) mass is 255 g/mol. The Balaban J connectivity index is 3.43. The SMILES string of the molecule is CCOC(=O)c1cc([N+](=O)[O-])c(N)c([N+](=O)[O-])c1. The molecular formula is C9H9N3O6. The molecule has 0 saturated carbocycles. The van der Waals surface area contributed by atoms with Crippen molar-refractivity contribution in [3.63, 3.8) is 0 Å². The average molecular weight is 255 g/mol. The lowest BCUT2D eigenvalue weighted by atomic mass is 10.1. The molecule has 1 aromatic carbocycles. The number of carbonyl (C=O) groups is 1. The molecule has 0 aliphatic carbocycles. The number of nitro groups is 2. The lowest BCUT2D eigenvalue weighted by Crippen LogP contribution is -2.08. The number of rotatable bonds is 4. The summed E-state index contributed by atoms with van der Waals surface area (Å²) in [7, 11) is 0. The van der Waals surface area contributed by atoms with Crippen molar-refractivity contribution in [3.8, 4) is 0 Å². The first kappa shape index (κ1) is 13.4. The summed E-state index contributed by atoms with van der Waals surface area (Å²) in [6.45, 7) is 1.59. The number of carbonyl (C=O) groups excluding carboxylic acids is 1. The lowest BCUT2D eigenvalue weighted by Gasteiger charge is -2.04. The minimum Gasteiger partial charge on any atom is -0.462 e. The van der Waals surface area contributed by atoms with E-state index < -0.39 is 32.9 Å². The molecule has 0 bridgehead atoms. The van der Waals surface area contributed by atoms with Gasteiger partial charge < -0.3 is 10.5 Å². The summed E-state index contributed by atoms with van der Waals surface area (Å²) in [6, 6.07) is 1.70. The quantitative estimate of drug-likeness (QED) is 0.369. The second kappa shape index (κ2) is 5.08. The van der Waals surface area contributed by atoms with E-state index in [0.29, 0.717) is 0 Å². The molecule has 18 heavy (non-hydrogen) atoms. The largest absolute Gasteiger partial charge is 0.462 e. The van der Waals surface area contributed by atoms with Crippen molar-refractivity contribution in [2.75, 3.05) is 12.3 Å². The average Bonchev–Trinajstić information content (AvgIpc) is 2.28. The van der Waals surface area contributed by atoms with Crippen LogP contribution in [0.25, 0.3) is 0 Å². The van der Waals surface area contributed by atoms with Crippen molar-refractivity contribution in [3.05, 3.63) is 37.9 Å². The zero-order valence-electron chi connectivity index (χ0n) is 9.28. The lowest BCUT2D eigenvalue weighted by molar-refractivity contribution is -0.392. The molecule has 0 radical (unpaired) electrons. The van der Waals surface area contributed by atoms with Crippen LogP contribution in [-0.2, 0) is 4.74 Å². The molecule has 0 aromatic heterocycles. The van der Waals surface area contributed by atoms with Crippen molar-refractivity contribution in [2.45, 2.75) is 6.92 Å². The Morgan fingerprint density at radius 3 is 2.06 bits per heavy atom. The molecule has 1 rings (SSSR count). The first-order valence-corrected chi connectivity index (χ1v) is 4.77. The summed E-state index contributed by atoms with van der Waals surface area (Å²) in [5.74, 6) is -0.885. The molecule has 0 fully saturated rings. The molecule has 0 saturated heterocycles. The maximum atomic E-state index is 11.4. The number of benzene rings is 1. The van der Waals surface area contributed by atoms with E-state index in [4.69, 9.17) is 5.73 Å². The number of hydrogen-bond donors (Lipinski definition) is 1. The molecule has 1 aromatic rings. The van der Waals surface area contributed by atoms with Crippen LogP contribution in [0, 0.1) is 20.2 Å². The third kappa shape index (κ3) is 2.51. The highest BCUT2D eigenvalue weighted by Crippen LogP contribution is 2.32. The first-order chi connectivity index (χ1) is 8.38. The maximum absolute atomic E-state index is 11.4. The molecule has 96 valence electrons.